The molecule has 1 rings (SSSR count). The summed E-state index contributed by atoms with van der Waals surface area (Å²) in [6.07, 6.45) is 0.884. The Kier molecular flexibility index (Phi) is 4.55. The van der Waals surface area contributed by atoms with E-state index >= 15 is 0 Å². The van der Waals surface area contributed by atoms with Crippen LogP contribution in [0.5, 0.6) is 0 Å². The van der Waals surface area contributed by atoms with Gasteiger partial charge in [-0.2, -0.15) is 0 Å². The molecule has 0 aliphatic rings. The van der Waals surface area contributed by atoms with Crippen LogP contribution in [0.15, 0.2) is 24.3 Å². The zero-order valence-corrected chi connectivity index (χ0v) is 11.4. The summed E-state index contributed by atoms with van der Waals surface area (Å²) in [7, 11) is 0. The van der Waals surface area contributed by atoms with Crippen LogP contribution in [0.4, 0.5) is 0 Å². The lowest BCUT2D eigenvalue weighted by atomic mass is 9.81. The monoisotopic (exact) mass is 319 g/mol. The van der Waals surface area contributed by atoms with Crippen LogP contribution in [0.1, 0.15) is 25.8 Å². The van der Waals surface area contributed by atoms with Gasteiger partial charge in [-0.1, -0.05) is 19.1 Å². The van der Waals surface area contributed by atoms with Crippen molar-refractivity contribution < 1.29 is 5.11 Å². The molecule has 15 heavy (non-hydrogen) atoms. The van der Waals surface area contributed by atoms with Crippen LogP contribution in [0.2, 0.25) is 0 Å². The number of hydrogen-bond acceptors (Lipinski definition) is 2. The molecule has 0 spiro atoms. The van der Waals surface area contributed by atoms with Crippen LogP contribution in [0.3, 0.4) is 0 Å². The second-order valence-electron chi connectivity index (χ2n) is 4.00. The molecule has 0 aliphatic carbocycles. The summed E-state index contributed by atoms with van der Waals surface area (Å²) in [5, 5.41) is 10.5. The minimum absolute atomic E-state index is 0.109. The number of aliphatic hydroxyl groups is 1. The normalized spacial score (nSPS) is 17.1. The van der Waals surface area contributed by atoms with E-state index in [1.165, 1.54) is 3.57 Å². The average Bonchev–Trinajstić information content (AvgIpc) is 2.19. The number of nitrogens with two attached hydrogens (primary N) is 1. The first-order valence-electron chi connectivity index (χ1n) is 5.20. The lowest BCUT2D eigenvalue weighted by Gasteiger charge is -2.32. The van der Waals surface area contributed by atoms with Gasteiger partial charge in [0.15, 0.2) is 0 Å². The Hall–Kier alpha value is -0.130. The highest BCUT2D eigenvalue weighted by atomic mass is 127. The third-order valence-electron chi connectivity index (χ3n) is 3.00. The van der Waals surface area contributed by atoms with Crippen molar-refractivity contribution in [3.8, 4) is 0 Å². The average molecular weight is 319 g/mol. The van der Waals surface area contributed by atoms with Gasteiger partial charge in [-0.05, 0) is 60.2 Å². The lowest BCUT2D eigenvalue weighted by molar-refractivity contribution is -0.00403. The predicted octanol–water partition coefficient (Wildman–Crippen LogP) is 2.48. The van der Waals surface area contributed by atoms with Crippen molar-refractivity contribution in [1.29, 1.82) is 0 Å². The van der Waals surface area contributed by atoms with Crippen LogP contribution in [0, 0.1) is 9.49 Å². The Morgan fingerprint density at radius 3 is 2.33 bits per heavy atom. The fraction of sp³-hybridized carbons (Fsp3) is 0.500. The Bertz CT molecular complexity index is 304. The SMILES string of the molecule is CCC(CN)C(C)(O)c1ccc(I)cc1. The van der Waals surface area contributed by atoms with E-state index in [-0.39, 0.29) is 5.92 Å². The van der Waals surface area contributed by atoms with Crippen molar-refractivity contribution in [3.05, 3.63) is 33.4 Å². The van der Waals surface area contributed by atoms with Gasteiger partial charge in [-0.25, -0.2) is 0 Å². The topological polar surface area (TPSA) is 46.2 Å². The Morgan fingerprint density at radius 1 is 1.40 bits per heavy atom. The molecule has 2 unspecified atom stereocenters. The third kappa shape index (κ3) is 2.92. The molecule has 0 radical (unpaired) electrons. The minimum Gasteiger partial charge on any atom is -0.385 e. The molecule has 3 heteroatoms. The van der Waals surface area contributed by atoms with E-state index in [0.29, 0.717) is 6.54 Å². The largest absolute Gasteiger partial charge is 0.385 e. The molecular formula is C12H18INO. The highest BCUT2D eigenvalue weighted by Crippen LogP contribution is 2.31. The molecule has 84 valence electrons. The molecule has 2 atom stereocenters. The molecule has 0 saturated carbocycles. The zero-order valence-electron chi connectivity index (χ0n) is 9.20. The summed E-state index contributed by atoms with van der Waals surface area (Å²) in [5.74, 6) is 0.109. The fourth-order valence-corrected chi connectivity index (χ4v) is 2.18. The van der Waals surface area contributed by atoms with Crippen LogP contribution >= 0.6 is 22.6 Å². The molecule has 1 aromatic rings. The maximum absolute atomic E-state index is 10.5. The molecule has 2 nitrogen and oxygen atoms in total. The van der Waals surface area contributed by atoms with E-state index in [4.69, 9.17) is 5.73 Å². The highest BCUT2D eigenvalue weighted by molar-refractivity contribution is 14.1. The first-order valence-corrected chi connectivity index (χ1v) is 6.28. The van der Waals surface area contributed by atoms with E-state index < -0.39 is 5.60 Å². The summed E-state index contributed by atoms with van der Waals surface area (Å²) < 4.78 is 1.17. The Balaban J connectivity index is 2.98. The number of hydrogen-bond donors (Lipinski definition) is 2. The zero-order chi connectivity index (χ0) is 11.5. The van der Waals surface area contributed by atoms with Gasteiger partial charge >= 0.3 is 0 Å². The van der Waals surface area contributed by atoms with Crippen LogP contribution in [-0.4, -0.2) is 11.7 Å². The first kappa shape index (κ1) is 12.9. The van der Waals surface area contributed by atoms with E-state index in [1.54, 1.807) is 0 Å². The van der Waals surface area contributed by atoms with Crippen molar-refractivity contribution in [2.24, 2.45) is 11.7 Å². The Labute approximate surface area is 105 Å². The van der Waals surface area contributed by atoms with Gasteiger partial charge in [0.1, 0.15) is 0 Å². The van der Waals surface area contributed by atoms with Gasteiger partial charge < -0.3 is 10.8 Å². The van der Waals surface area contributed by atoms with Gasteiger partial charge in [-0.3, -0.25) is 0 Å². The number of benzene rings is 1. The van der Waals surface area contributed by atoms with Crippen LogP contribution in [0.25, 0.3) is 0 Å². The highest BCUT2D eigenvalue weighted by Gasteiger charge is 2.31. The van der Waals surface area contributed by atoms with Crippen LogP contribution in [-0.2, 0) is 5.60 Å². The standard InChI is InChI=1S/C12H18INO/c1-3-9(8-14)12(2,15)10-4-6-11(13)7-5-10/h4-7,9,15H,3,8,14H2,1-2H3. The molecule has 0 saturated heterocycles. The second-order valence-corrected chi connectivity index (χ2v) is 5.24. The molecule has 3 N–H and O–H groups in total. The predicted molar refractivity (Wildman–Crippen MR) is 71.6 cm³/mol. The maximum atomic E-state index is 10.5. The Morgan fingerprint density at radius 2 is 1.93 bits per heavy atom. The maximum Gasteiger partial charge on any atom is 0.0908 e. The van der Waals surface area contributed by atoms with Crippen molar-refractivity contribution in [3.63, 3.8) is 0 Å². The number of halogens is 1. The molecular weight excluding hydrogens is 301 g/mol. The summed E-state index contributed by atoms with van der Waals surface area (Å²) in [6.45, 7) is 4.41. The summed E-state index contributed by atoms with van der Waals surface area (Å²) in [4.78, 5) is 0. The van der Waals surface area contributed by atoms with E-state index in [0.717, 1.165) is 12.0 Å². The molecule has 0 aliphatic heterocycles. The van der Waals surface area contributed by atoms with Gasteiger partial charge in [0.05, 0.1) is 5.60 Å². The summed E-state index contributed by atoms with van der Waals surface area (Å²) >= 11 is 2.25. The molecule has 0 fully saturated rings. The second kappa shape index (κ2) is 5.27. The smallest absolute Gasteiger partial charge is 0.0908 e. The summed E-state index contributed by atoms with van der Waals surface area (Å²) in [5.41, 5.74) is 5.79. The van der Waals surface area contributed by atoms with Crippen molar-refractivity contribution in [1.82, 2.24) is 0 Å². The molecule has 0 heterocycles. The van der Waals surface area contributed by atoms with E-state index in [1.807, 2.05) is 31.2 Å². The van der Waals surface area contributed by atoms with E-state index in [2.05, 4.69) is 29.5 Å². The van der Waals surface area contributed by atoms with Crippen molar-refractivity contribution in [2.45, 2.75) is 25.9 Å². The van der Waals surface area contributed by atoms with Gasteiger partial charge in [0.2, 0.25) is 0 Å². The first-order chi connectivity index (χ1) is 7.02. The molecule has 1 aromatic carbocycles. The summed E-state index contributed by atoms with van der Waals surface area (Å²) in [6, 6.07) is 7.96. The lowest BCUT2D eigenvalue weighted by Crippen LogP contribution is -2.36. The molecule has 0 bridgehead atoms. The number of rotatable bonds is 4. The van der Waals surface area contributed by atoms with Crippen molar-refractivity contribution in [2.75, 3.05) is 6.54 Å². The van der Waals surface area contributed by atoms with Gasteiger partial charge in [0, 0.05) is 9.49 Å². The molecule has 0 aromatic heterocycles. The third-order valence-corrected chi connectivity index (χ3v) is 3.72. The van der Waals surface area contributed by atoms with Crippen LogP contribution < -0.4 is 5.73 Å². The molecule has 0 amide bonds. The van der Waals surface area contributed by atoms with Crippen molar-refractivity contribution >= 4 is 22.6 Å². The fourth-order valence-electron chi connectivity index (χ4n) is 1.82. The van der Waals surface area contributed by atoms with E-state index in [9.17, 15) is 5.11 Å². The quantitative estimate of drug-likeness (QED) is 0.838. The van der Waals surface area contributed by atoms with Gasteiger partial charge in [0.25, 0.3) is 0 Å². The minimum atomic E-state index is -0.826. The van der Waals surface area contributed by atoms with Gasteiger partial charge in [-0.15, -0.1) is 0 Å².